The van der Waals surface area contributed by atoms with Crippen LogP contribution in [-0.4, -0.2) is 16.1 Å². The molecule has 1 aromatic heterocycles. The number of aromatic nitrogens is 1. The van der Waals surface area contributed by atoms with Gasteiger partial charge < -0.3 is 4.42 Å². The summed E-state index contributed by atoms with van der Waals surface area (Å²) in [6.07, 6.45) is 2.51. The lowest BCUT2D eigenvalue weighted by Crippen LogP contribution is -2.14. The van der Waals surface area contributed by atoms with Gasteiger partial charge in [-0.25, -0.2) is 10.5 Å². The quantitative estimate of drug-likeness (QED) is 0.439. The number of para-hydroxylation sites is 2. The Kier molecular flexibility index (Phi) is 2.47. The Morgan fingerprint density at radius 3 is 3.00 bits per heavy atom. The van der Waals surface area contributed by atoms with Gasteiger partial charge in [0.2, 0.25) is 5.89 Å². The van der Waals surface area contributed by atoms with Gasteiger partial charge in [-0.3, -0.25) is 10.0 Å². The molecule has 1 amide bonds. The van der Waals surface area contributed by atoms with Crippen LogP contribution in [0.15, 0.2) is 34.8 Å². The van der Waals surface area contributed by atoms with Gasteiger partial charge in [0.25, 0.3) is 5.91 Å². The van der Waals surface area contributed by atoms with Crippen molar-refractivity contribution in [3.05, 3.63) is 36.2 Å². The minimum Gasteiger partial charge on any atom is -0.437 e. The molecular weight excluding hydrogens is 196 g/mol. The van der Waals surface area contributed by atoms with E-state index in [4.69, 9.17) is 9.62 Å². The minimum absolute atomic E-state index is 0.319. The standard InChI is InChI=1S/C10H8N2O3/c13-9(12-14)5-6-10-11-7-3-1-2-4-8(7)15-10/h1-6,14H,(H,12,13). The average molecular weight is 204 g/mol. The van der Waals surface area contributed by atoms with E-state index in [9.17, 15) is 4.79 Å². The predicted octanol–water partition coefficient (Wildman–Crippen LogP) is 1.35. The summed E-state index contributed by atoms with van der Waals surface area (Å²) in [7, 11) is 0. The lowest BCUT2D eigenvalue weighted by atomic mass is 10.3. The fourth-order valence-electron chi connectivity index (χ4n) is 1.15. The molecule has 0 radical (unpaired) electrons. The Bertz CT molecular complexity index is 483. The molecule has 1 aromatic carbocycles. The molecular formula is C10H8N2O3. The SMILES string of the molecule is O=C(C=Cc1nc2ccccc2o1)NO. The van der Waals surface area contributed by atoms with E-state index >= 15 is 0 Å². The third-order valence-corrected chi connectivity index (χ3v) is 1.80. The van der Waals surface area contributed by atoms with E-state index in [0.717, 1.165) is 11.6 Å². The lowest BCUT2D eigenvalue weighted by Gasteiger charge is -1.85. The number of nitrogens with zero attached hydrogens (tertiary/aromatic N) is 1. The van der Waals surface area contributed by atoms with Gasteiger partial charge in [0.1, 0.15) is 5.52 Å². The summed E-state index contributed by atoms with van der Waals surface area (Å²) in [6.45, 7) is 0. The predicted molar refractivity (Wildman–Crippen MR) is 53.0 cm³/mol. The van der Waals surface area contributed by atoms with E-state index in [2.05, 4.69) is 4.98 Å². The van der Waals surface area contributed by atoms with Crippen molar-refractivity contribution in [2.75, 3.05) is 0 Å². The van der Waals surface area contributed by atoms with Gasteiger partial charge in [-0.1, -0.05) is 12.1 Å². The van der Waals surface area contributed by atoms with Crippen molar-refractivity contribution < 1.29 is 14.4 Å². The fourth-order valence-corrected chi connectivity index (χ4v) is 1.15. The van der Waals surface area contributed by atoms with Crippen molar-refractivity contribution in [1.82, 2.24) is 10.5 Å². The summed E-state index contributed by atoms with van der Waals surface area (Å²) >= 11 is 0. The van der Waals surface area contributed by atoms with Gasteiger partial charge >= 0.3 is 0 Å². The molecule has 0 saturated carbocycles. The maximum absolute atomic E-state index is 10.7. The number of carbonyl (C=O) groups is 1. The number of carbonyl (C=O) groups excluding carboxylic acids is 1. The fraction of sp³-hybridized carbons (Fsp3) is 0. The summed E-state index contributed by atoms with van der Waals surface area (Å²) in [5.74, 6) is -0.308. The highest BCUT2D eigenvalue weighted by molar-refractivity contribution is 5.90. The van der Waals surface area contributed by atoms with Gasteiger partial charge in [0.05, 0.1) is 0 Å². The van der Waals surface area contributed by atoms with Crippen LogP contribution < -0.4 is 5.48 Å². The van der Waals surface area contributed by atoms with E-state index in [-0.39, 0.29) is 0 Å². The number of hydrogen-bond acceptors (Lipinski definition) is 4. The van der Waals surface area contributed by atoms with Gasteiger partial charge in [-0.05, 0) is 12.1 Å². The summed E-state index contributed by atoms with van der Waals surface area (Å²) < 4.78 is 5.30. The zero-order chi connectivity index (χ0) is 10.7. The summed E-state index contributed by atoms with van der Waals surface area (Å²) in [4.78, 5) is 14.8. The molecule has 0 aliphatic rings. The van der Waals surface area contributed by atoms with Gasteiger partial charge in [0.15, 0.2) is 5.58 Å². The molecule has 0 unspecified atom stereocenters. The molecule has 0 spiro atoms. The molecule has 0 bridgehead atoms. The van der Waals surface area contributed by atoms with Crippen molar-refractivity contribution in [2.45, 2.75) is 0 Å². The highest BCUT2D eigenvalue weighted by atomic mass is 16.5. The Hall–Kier alpha value is -2.14. The Labute approximate surface area is 85.0 Å². The summed E-state index contributed by atoms with van der Waals surface area (Å²) in [6, 6.07) is 7.27. The molecule has 5 nitrogen and oxygen atoms in total. The topological polar surface area (TPSA) is 75.4 Å². The second-order valence-electron chi connectivity index (χ2n) is 2.83. The van der Waals surface area contributed by atoms with E-state index in [1.165, 1.54) is 11.6 Å². The number of hydrogen-bond donors (Lipinski definition) is 2. The molecule has 0 aliphatic heterocycles. The van der Waals surface area contributed by atoms with Gasteiger partial charge in [-0.15, -0.1) is 0 Å². The second-order valence-corrected chi connectivity index (χ2v) is 2.83. The Morgan fingerprint density at radius 2 is 2.27 bits per heavy atom. The van der Waals surface area contributed by atoms with Crippen molar-refractivity contribution in [2.24, 2.45) is 0 Å². The van der Waals surface area contributed by atoms with E-state index in [0.29, 0.717) is 11.5 Å². The average Bonchev–Trinajstić information content (AvgIpc) is 2.68. The molecule has 0 saturated heterocycles. The lowest BCUT2D eigenvalue weighted by molar-refractivity contribution is -0.124. The minimum atomic E-state index is -0.628. The molecule has 76 valence electrons. The largest absolute Gasteiger partial charge is 0.437 e. The number of oxazole rings is 1. The van der Waals surface area contributed by atoms with Crippen molar-refractivity contribution in [3.8, 4) is 0 Å². The van der Waals surface area contributed by atoms with Crippen molar-refractivity contribution in [1.29, 1.82) is 0 Å². The van der Waals surface area contributed by atoms with Crippen LogP contribution in [-0.2, 0) is 4.79 Å². The number of nitrogens with one attached hydrogen (secondary N) is 1. The van der Waals surface area contributed by atoms with Gasteiger partial charge in [0, 0.05) is 12.2 Å². The first kappa shape index (κ1) is 9.42. The van der Waals surface area contributed by atoms with Gasteiger partial charge in [-0.2, -0.15) is 0 Å². The molecule has 0 aliphatic carbocycles. The van der Waals surface area contributed by atoms with Crippen LogP contribution in [0.5, 0.6) is 0 Å². The summed E-state index contributed by atoms with van der Waals surface area (Å²) in [5.41, 5.74) is 2.85. The Morgan fingerprint density at radius 1 is 1.47 bits per heavy atom. The zero-order valence-corrected chi connectivity index (χ0v) is 7.68. The van der Waals surface area contributed by atoms with Crippen molar-refractivity contribution >= 4 is 23.1 Å². The Balaban J connectivity index is 2.29. The molecule has 5 heteroatoms. The highest BCUT2D eigenvalue weighted by Gasteiger charge is 2.01. The molecule has 2 rings (SSSR count). The second kappa shape index (κ2) is 3.93. The molecule has 0 atom stereocenters. The van der Waals surface area contributed by atoms with E-state index in [1.807, 2.05) is 18.2 Å². The molecule has 1 heterocycles. The van der Waals surface area contributed by atoms with E-state index in [1.54, 1.807) is 6.07 Å². The normalized spacial score (nSPS) is 11.0. The van der Waals surface area contributed by atoms with Crippen LogP contribution in [0.1, 0.15) is 5.89 Å². The first-order valence-electron chi connectivity index (χ1n) is 4.27. The number of amides is 1. The monoisotopic (exact) mass is 204 g/mol. The maximum atomic E-state index is 10.7. The van der Waals surface area contributed by atoms with Crippen LogP contribution in [0, 0.1) is 0 Å². The number of hydroxylamine groups is 1. The molecule has 2 aromatic rings. The van der Waals surface area contributed by atoms with Crippen molar-refractivity contribution in [3.63, 3.8) is 0 Å². The number of benzene rings is 1. The summed E-state index contributed by atoms with van der Waals surface area (Å²) in [5, 5.41) is 8.25. The zero-order valence-electron chi connectivity index (χ0n) is 7.68. The van der Waals surface area contributed by atoms with Crippen LogP contribution in [0.3, 0.4) is 0 Å². The maximum Gasteiger partial charge on any atom is 0.267 e. The number of rotatable bonds is 2. The third kappa shape index (κ3) is 2.03. The first-order valence-corrected chi connectivity index (χ1v) is 4.27. The van der Waals surface area contributed by atoms with E-state index < -0.39 is 5.91 Å². The van der Waals surface area contributed by atoms with Crippen LogP contribution in [0.25, 0.3) is 17.2 Å². The van der Waals surface area contributed by atoms with Crippen LogP contribution in [0.2, 0.25) is 0 Å². The smallest absolute Gasteiger partial charge is 0.267 e. The molecule has 15 heavy (non-hydrogen) atoms. The van der Waals surface area contributed by atoms with Crippen LogP contribution >= 0.6 is 0 Å². The first-order chi connectivity index (χ1) is 7.29. The third-order valence-electron chi connectivity index (χ3n) is 1.80. The molecule has 0 fully saturated rings. The molecule has 2 N–H and O–H groups in total. The highest BCUT2D eigenvalue weighted by Crippen LogP contribution is 2.15. The van der Waals surface area contributed by atoms with Crippen LogP contribution in [0.4, 0.5) is 0 Å². The number of fused-ring (bicyclic) bond motifs is 1.